The Morgan fingerprint density at radius 1 is 0.861 bits per heavy atom. The van der Waals surface area contributed by atoms with Crippen LogP contribution >= 0.6 is 0 Å². The summed E-state index contributed by atoms with van der Waals surface area (Å²) in [5.74, 6) is 1.48. The standard InChI is InChI=1S/C33H48N2O/c1-3-5-7-9-11-13-28-14-19-32(35-25-28)30-15-17-31(18-16-30)36-26-29-20-23-33(27-34,24-21-29)22-12-10-8-6-4-2/h14-19,25,29H,3-13,20-24,26H2,1-2H3/t29-,33-. The van der Waals surface area contributed by atoms with Crippen LogP contribution in [0.4, 0.5) is 0 Å². The van der Waals surface area contributed by atoms with Gasteiger partial charge < -0.3 is 4.74 Å². The first-order valence-electron chi connectivity index (χ1n) is 14.8. The topological polar surface area (TPSA) is 45.9 Å². The van der Waals surface area contributed by atoms with Crippen molar-refractivity contribution in [2.24, 2.45) is 11.3 Å². The third-order valence-electron chi connectivity index (χ3n) is 8.09. The van der Waals surface area contributed by atoms with Crippen molar-refractivity contribution < 1.29 is 4.74 Å². The molecule has 0 N–H and O–H groups in total. The molecular weight excluding hydrogens is 440 g/mol. The van der Waals surface area contributed by atoms with Gasteiger partial charge in [0.05, 0.1) is 23.8 Å². The van der Waals surface area contributed by atoms with Gasteiger partial charge in [0.25, 0.3) is 0 Å². The lowest BCUT2D eigenvalue weighted by molar-refractivity contribution is 0.144. The molecule has 0 atom stereocenters. The van der Waals surface area contributed by atoms with Crippen LogP contribution in [0.15, 0.2) is 42.6 Å². The SMILES string of the molecule is CCCCCCCc1ccc(-c2ccc(OC[C@H]3CC[C@@](C#N)(CCCCCCC)CC3)cc2)nc1. The lowest BCUT2D eigenvalue weighted by atomic mass is 9.69. The predicted octanol–water partition coefficient (Wildman–Crippen LogP) is 9.70. The molecule has 0 unspecified atom stereocenters. The van der Waals surface area contributed by atoms with Crippen LogP contribution in [0.25, 0.3) is 11.3 Å². The Balaban J connectivity index is 1.39. The summed E-state index contributed by atoms with van der Waals surface area (Å²) in [5.41, 5.74) is 3.40. The van der Waals surface area contributed by atoms with E-state index in [-0.39, 0.29) is 5.41 Å². The van der Waals surface area contributed by atoms with E-state index in [1.54, 1.807) is 0 Å². The van der Waals surface area contributed by atoms with Crippen LogP contribution in [-0.2, 0) is 6.42 Å². The van der Waals surface area contributed by atoms with E-state index in [9.17, 15) is 5.26 Å². The molecule has 3 rings (SSSR count). The Morgan fingerprint density at radius 2 is 1.53 bits per heavy atom. The van der Waals surface area contributed by atoms with Gasteiger partial charge in [0.2, 0.25) is 0 Å². The molecule has 2 aromatic rings. The first-order valence-corrected chi connectivity index (χ1v) is 14.8. The lowest BCUT2D eigenvalue weighted by Gasteiger charge is -2.35. The maximum atomic E-state index is 9.85. The Bertz CT molecular complexity index is 889. The zero-order chi connectivity index (χ0) is 25.5. The number of hydrogen-bond acceptors (Lipinski definition) is 3. The summed E-state index contributed by atoms with van der Waals surface area (Å²) < 4.78 is 6.15. The van der Waals surface area contributed by atoms with E-state index in [0.717, 1.165) is 62.1 Å². The molecule has 0 spiro atoms. The van der Waals surface area contributed by atoms with Crippen LogP contribution < -0.4 is 4.74 Å². The zero-order valence-electron chi connectivity index (χ0n) is 22.9. The number of aryl methyl sites for hydroxylation is 1. The molecular formula is C33H48N2O. The van der Waals surface area contributed by atoms with Gasteiger partial charge in [0.1, 0.15) is 5.75 Å². The number of nitriles is 1. The number of unbranched alkanes of at least 4 members (excludes halogenated alkanes) is 8. The van der Waals surface area contributed by atoms with Gasteiger partial charge in [-0.25, -0.2) is 0 Å². The maximum absolute atomic E-state index is 9.85. The van der Waals surface area contributed by atoms with Gasteiger partial charge in [-0.3, -0.25) is 4.98 Å². The summed E-state index contributed by atoms with van der Waals surface area (Å²) in [6, 6.07) is 15.4. The number of hydrogen-bond donors (Lipinski definition) is 0. The van der Waals surface area contributed by atoms with E-state index in [1.165, 1.54) is 69.8 Å². The third-order valence-corrected chi connectivity index (χ3v) is 8.09. The first-order chi connectivity index (χ1) is 17.7. The predicted molar refractivity (Wildman–Crippen MR) is 151 cm³/mol. The number of pyridine rings is 1. The van der Waals surface area contributed by atoms with Crippen LogP contribution in [0.3, 0.4) is 0 Å². The van der Waals surface area contributed by atoms with Gasteiger partial charge in [0, 0.05) is 11.8 Å². The highest BCUT2D eigenvalue weighted by Gasteiger charge is 2.35. The fraction of sp³-hybridized carbons (Fsp3) is 0.636. The summed E-state index contributed by atoms with van der Waals surface area (Å²) in [6.07, 6.45) is 21.5. The maximum Gasteiger partial charge on any atom is 0.119 e. The molecule has 1 aliphatic carbocycles. The summed E-state index contributed by atoms with van der Waals surface area (Å²) in [7, 11) is 0. The largest absolute Gasteiger partial charge is 0.493 e. The number of nitrogens with zero attached hydrogens (tertiary/aromatic N) is 2. The van der Waals surface area contributed by atoms with Gasteiger partial charge in [-0.2, -0.15) is 5.26 Å². The molecule has 3 nitrogen and oxygen atoms in total. The van der Waals surface area contributed by atoms with Crippen LogP contribution in [0.2, 0.25) is 0 Å². The minimum absolute atomic E-state index is 0.0814. The van der Waals surface area contributed by atoms with Crippen molar-refractivity contribution in [2.45, 2.75) is 117 Å². The van der Waals surface area contributed by atoms with E-state index in [4.69, 9.17) is 9.72 Å². The monoisotopic (exact) mass is 488 g/mol. The Morgan fingerprint density at radius 3 is 2.14 bits per heavy atom. The second-order valence-electron chi connectivity index (χ2n) is 11.1. The van der Waals surface area contributed by atoms with Crippen LogP contribution in [0, 0.1) is 22.7 Å². The quantitative estimate of drug-likeness (QED) is 0.221. The zero-order valence-corrected chi connectivity index (χ0v) is 22.9. The normalized spacial score (nSPS) is 19.6. The molecule has 0 amide bonds. The fourth-order valence-electron chi connectivity index (χ4n) is 5.49. The van der Waals surface area contributed by atoms with Gasteiger partial charge in [0.15, 0.2) is 0 Å². The molecule has 0 radical (unpaired) electrons. The summed E-state index contributed by atoms with van der Waals surface area (Å²) in [5, 5.41) is 9.85. The molecule has 36 heavy (non-hydrogen) atoms. The van der Waals surface area contributed by atoms with Crippen molar-refractivity contribution in [1.82, 2.24) is 4.98 Å². The third kappa shape index (κ3) is 9.27. The van der Waals surface area contributed by atoms with Gasteiger partial charge in [-0.05, 0) is 86.8 Å². The number of aromatic nitrogens is 1. The molecule has 0 saturated heterocycles. The summed E-state index contributed by atoms with van der Waals surface area (Å²) in [4.78, 5) is 4.70. The second-order valence-corrected chi connectivity index (χ2v) is 11.1. The van der Waals surface area contributed by atoms with Crippen LogP contribution in [0.5, 0.6) is 5.75 Å². The number of benzene rings is 1. The molecule has 0 aliphatic heterocycles. The lowest BCUT2D eigenvalue weighted by Crippen LogP contribution is -2.28. The molecule has 1 aliphatic rings. The van der Waals surface area contributed by atoms with E-state index in [2.05, 4.69) is 56.3 Å². The van der Waals surface area contributed by atoms with Gasteiger partial charge >= 0.3 is 0 Å². The average molecular weight is 489 g/mol. The van der Waals surface area contributed by atoms with E-state index >= 15 is 0 Å². The fourth-order valence-corrected chi connectivity index (χ4v) is 5.49. The van der Waals surface area contributed by atoms with Crippen molar-refractivity contribution >= 4 is 0 Å². The molecule has 196 valence electrons. The van der Waals surface area contributed by atoms with Gasteiger partial charge in [-0.1, -0.05) is 77.7 Å². The number of rotatable bonds is 16. The Hall–Kier alpha value is -2.34. The number of ether oxygens (including phenoxy) is 1. The average Bonchev–Trinajstić information content (AvgIpc) is 2.93. The Labute approximate surface area is 220 Å². The van der Waals surface area contributed by atoms with E-state index < -0.39 is 0 Å². The highest BCUT2D eigenvalue weighted by Crippen LogP contribution is 2.42. The minimum atomic E-state index is -0.0814. The van der Waals surface area contributed by atoms with Crippen LogP contribution in [-0.4, -0.2) is 11.6 Å². The first kappa shape index (κ1) is 28.2. The highest BCUT2D eigenvalue weighted by atomic mass is 16.5. The molecule has 1 heterocycles. The molecule has 0 bridgehead atoms. The van der Waals surface area contributed by atoms with Crippen molar-refractivity contribution in [1.29, 1.82) is 5.26 Å². The second kappa shape index (κ2) is 15.7. The molecule has 1 aromatic carbocycles. The molecule has 1 saturated carbocycles. The van der Waals surface area contributed by atoms with Gasteiger partial charge in [-0.15, -0.1) is 0 Å². The van der Waals surface area contributed by atoms with Crippen molar-refractivity contribution in [3.63, 3.8) is 0 Å². The van der Waals surface area contributed by atoms with Crippen molar-refractivity contribution in [3.05, 3.63) is 48.2 Å². The van der Waals surface area contributed by atoms with Crippen molar-refractivity contribution in [3.8, 4) is 23.1 Å². The van der Waals surface area contributed by atoms with Crippen molar-refractivity contribution in [2.75, 3.05) is 6.61 Å². The Kier molecular flexibility index (Phi) is 12.3. The minimum Gasteiger partial charge on any atom is -0.493 e. The molecule has 1 fully saturated rings. The smallest absolute Gasteiger partial charge is 0.119 e. The molecule has 3 heteroatoms. The molecule has 1 aromatic heterocycles. The van der Waals surface area contributed by atoms with E-state index in [0.29, 0.717) is 5.92 Å². The summed E-state index contributed by atoms with van der Waals surface area (Å²) in [6.45, 7) is 5.26. The van der Waals surface area contributed by atoms with E-state index in [1.807, 2.05) is 6.20 Å². The highest BCUT2D eigenvalue weighted by molar-refractivity contribution is 5.60. The summed E-state index contributed by atoms with van der Waals surface area (Å²) >= 11 is 0. The van der Waals surface area contributed by atoms with Crippen LogP contribution in [0.1, 0.15) is 116 Å².